The lowest BCUT2D eigenvalue weighted by Gasteiger charge is -2.18. The molecular formula is C37H40Cl2N6O4. The molecule has 2 aliphatic heterocycles. The molecule has 49 heavy (non-hydrogen) atoms. The molecule has 3 heterocycles. The molecule has 0 aliphatic carbocycles. The SMILES string of the molecule is COc1cc(-c2nccc(-c3cccc(Nc4cccc(CNC[C@H]5CCC(=O)N5)c4OC)c3Cl)c2Cl)ccc1CNC[C@@H]1CCC(=O)N1. The van der Waals surface area contributed by atoms with E-state index in [1.165, 1.54) is 0 Å². The van der Waals surface area contributed by atoms with Crippen LogP contribution < -0.4 is 36.1 Å². The van der Waals surface area contributed by atoms with E-state index < -0.39 is 0 Å². The van der Waals surface area contributed by atoms with Gasteiger partial charge in [0.2, 0.25) is 11.8 Å². The van der Waals surface area contributed by atoms with Gasteiger partial charge in [0.25, 0.3) is 0 Å². The van der Waals surface area contributed by atoms with Crippen LogP contribution >= 0.6 is 23.2 Å². The van der Waals surface area contributed by atoms with E-state index in [1.807, 2.05) is 60.7 Å². The number of hydrogen-bond donors (Lipinski definition) is 5. The summed E-state index contributed by atoms with van der Waals surface area (Å²) in [5.41, 5.74) is 6.35. The number of halogens is 2. The third-order valence-electron chi connectivity index (χ3n) is 8.89. The number of rotatable bonds is 14. The Kier molecular flexibility index (Phi) is 11.2. The monoisotopic (exact) mass is 702 g/mol. The van der Waals surface area contributed by atoms with Gasteiger partial charge in [0.15, 0.2) is 0 Å². The average molecular weight is 704 g/mol. The van der Waals surface area contributed by atoms with Gasteiger partial charge in [-0.05, 0) is 37.1 Å². The maximum atomic E-state index is 11.5. The Morgan fingerprint density at radius 3 is 2.08 bits per heavy atom. The summed E-state index contributed by atoms with van der Waals surface area (Å²) >= 11 is 14.1. The van der Waals surface area contributed by atoms with Crippen LogP contribution in [0.5, 0.6) is 11.5 Å². The van der Waals surface area contributed by atoms with Gasteiger partial charge >= 0.3 is 0 Å². The second-order valence-electron chi connectivity index (χ2n) is 12.2. The van der Waals surface area contributed by atoms with Gasteiger partial charge in [-0.2, -0.15) is 0 Å². The summed E-state index contributed by atoms with van der Waals surface area (Å²) in [4.78, 5) is 27.7. The number of amides is 2. The van der Waals surface area contributed by atoms with E-state index in [-0.39, 0.29) is 23.9 Å². The molecule has 10 nitrogen and oxygen atoms in total. The van der Waals surface area contributed by atoms with Crippen molar-refractivity contribution in [3.63, 3.8) is 0 Å². The standard InChI is InChI=1S/C37H40Cl2N6O4/c1-48-31-17-22(9-10-23(31)18-40-20-25-11-13-32(46)43-25)36-35(39)28(15-16-42-36)27-6-4-7-29(34(27)38)45-30-8-3-5-24(37(30)49-2)19-41-21-26-12-14-33(47)44-26/h3-10,15-17,25-26,40-41,45H,11-14,18-21H2,1-2H3,(H,43,46)(H,44,47)/t25-,26+/m0/s1. The Morgan fingerprint density at radius 2 is 1.43 bits per heavy atom. The molecule has 3 aromatic carbocycles. The first kappa shape index (κ1) is 34.5. The number of hydrogen-bond acceptors (Lipinski definition) is 8. The second-order valence-corrected chi connectivity index (χ2v) is 13.0. The number of carbonyl (C=O) groups excluding carboxylic acids is 2. The molecular weight excluding hydrogens is 663 g/mol. The van der Waals surface area contributed by atoms with Gasteiger partial charge in [0.05, 0.1) is 41.3 Å². The van der Waals surface area contributed by atoms with Crippen LogP contribution in [0.2, 0.25) is 10.0 Å². The molecule has 2 fully saturated rings. The van der Waals surface area contributed by atoms with Crippen molar-refractivity contribution in [2.75, 3.05) is 32.6 Å². The molecule has 256 valence electrons. The summed E-state index contributed by atoms with van der Waals surface area (Å²) in [6, 6.07) is 19.7. The van der Waals surface area contributed by atoms with Gasteiger partial charge in [-0.15, -0.1) is 0 Å². The number of nitrogens with zero attached hydrogens (tertiary/aromatic N) is 1. The van der Waals surface area contributed by atoms with Crippen molar-refractivity contribution in [2.24, 2.45) is 0 Å². The zero-order chi connectivity index (χ0) is 34.3. The quantitative estimate of drug-likeness (QED) is 0.105. The van der Waals surface area contributed by atoms with Gasteiger partial charge in [-0.25, -0.2) is 0 Å². The topological polar surface area (TPSA) is 126 Å². The number of pyridine rings is 1. The fraction of sp³-hybridized carbons (Fsp3) is 0.324. The maximum Gasteiger partial charge on any atom is 0.220 e. The summed E-state index contributed by atoms with van der Waals surface area (Å²) < 4.78 is 11.6. The highest BCUT2D eigenvalue weighted by atomic mass is 35.5. The lowest BCUT2D eigenvalue weighted by Crippen LogP contribution is -2.35. The molecule has 0 radical (unpaired) electrons. The number of carbonyl (C=O) groups is 2. The third kappa shape index (κ3) is 8.11. The summed E-state index contributed by atoms with van der Waals surface area (Å²) in [5, 5.41) is 17.3. The third-order valence-corrected chi connectivity index (χ3v) is 9.68. The molecule has 4 aromatic rings. The minimum Gasteiger partial charge on any atom is -0.496 e. The van der Waals surface area contributed by atoms with Crippen LogP contribution in [-0.4, -0.2) is 56.2 Å². The number of aromatic nitrogens is 1. The minimum atomic E-state index is 0.103. The fourth-order valence-corrected chi connectivity index (χ4v) is 6.96. The van der Waals surface area contributed by atoms with Crippen molar-refractivity contribution in [3.8, 4) is 33.9 Å². The van der Waals surface area contributed by atoms with Crippen LogP contribution in [0.3, 0.4) is 0 Å². The predicted octanol–water partition coefficient (Wildman–Crippen LogP) is 6.22. The molecule has 2 atom stereocenters. The summed E-state index contributed by atoms with van der Waals surface area (Å²) in [6.45, 7) is 2.55. The molecule has 5 N–H and O–H groups in total. The Hall–Kier alpha value is -4.35. The number of para-hydroxylation sites is 1. The second kappa shape index (κ2) is 15.9. The first-order chi connectivity index (χ1) is 23.8. The van der Waals surface area contributed by atoms with E-state index >= 15 is 0 Å². The molecule has 2 amide bonds. The number of ether oxygens (including phenoxy) is 2. The van der Waals surface area contributed by atoms with Crippen LogP contribution in [0.15, 0.2) is 66.9 Å². The summed E-state index contributed by atoms with van der Waals surface area (Å²) in [5.74, 6) is 1.62. The fourth-order valence-electron chi connectivity index (χ4n) is 6.36. The van der Waals surface area contributed by atoms with Gasteiger partial charge < -0.3 is 36.1 Å². The zero-order valence-electron chi connectivity index (χ0n) is 27.5. The molecule has 2 saturated heterocycles. The molecule has 12 heteroatoms. The van der Waals surface area contributed by atoms with Crippen LogP contribution in [-0.2, 0) is 22.7 Å². The number of methoxy groups -OCH3 is 2. The molecule has 2 aliphatic rings. The average Bonchev–Trinajstić information content (AvgIpc) is 3.73. The van der Waals surface area contributed by atoms with Gasteiger partial charge in [0, 0.05) is 85.1 Å². The number of anilines is 2. The highest BCUT2D eigenvalue weighted by molar-refractivity contribution is 6.39. The van der Waals surface area contributed by atoms with E-state index in [0.717, 1.165) is 46.3 Å². The molecule has 0 saturated carbocycles. The van der Waals surface area contributed by atoms with Gasteiger partial charge in [-0.1, -0.05) is 59.6 Å². The highest BCUT2D eigenvalue weighted by Crippen LogP contribution is 2.42. The summed E-state index contributed by atoms with van der Waals surface area (Å²) in [7, 11) is 3.29. The molecule has 6 rings (SSSR count). The smallest absolute Gasteiger partial charge is 0.220 e. The van der Waals surface area contributed by atoms with Crippen molar-refractivity contribution < 1.29 is 19.1 Å². The molecule has 0 spiro atoms. The Labute approximate surface area is 296 Å². The lowest BCUT2D eigenvalue weighted by atomic mass is 10.0. The van der Waals surface area contributed by atoms with E-state index in [2.05, 4.69) is 31.6 Å². The number of benzene rings is 3. The molecule has 0 bridgehead atoms. The van der Waals surface area contributed by atoms with Crippen LogP contribution in [0.1, 0.15) is 36.8 Å². The predicted molar refractivity (Wildman–Crippen MR) is 194 cm³/mol. The first-order valence-corrected chi connectivity index (χ1v) is 17.1. The molecule has 1 aromatic heterocycles. The Bertz CT molecular complexity index is 1840. The Morgan fingerprint density at radius 1 is 0.776 bits per heavy atom. The zero-order valence-corrected chi connectivity index (χ0v) is 29.0. The van der Waals surface area contributed by atoms with Crippen molar-refractivity contribution in [1.29, 1.82) is 0 Å². The largest absolute Gasteiger partial charge is 0.496 e. The van der Waals surface area contributed by atoms with Crippen molar-refractivity contribution in [3.05, 3.63) is 88.0 Å². The minimum absolute atomic E-state index is 0.103. The van der Waals surface area contributed by atoms with Crippen molar-refractivity contribution >= 4 is 46.4 Å². The normalized spacial score (nSPS) is 17.1. The molecule has 0 unspecified atom stereocenters. The maximum absolute atomic E-state index is 11.5. The van der Waals surface area contributed by atoms with E-state index in [9.17, 15) is 9.59 Å². The summed E-state index contributed by atoms with van der Waals surface area (Å²) in [6.07, 6.45) is 4.56. The van der Waals surface area contributed by atoms with Gasteiger partial charge in [-0.3, -0.25) is 14.6 Å². The van der Waals surface area contributed by atoms with Crippen LogP contribution in [0.25, 0.3) is 22.4 Å². The van der Waals surface area contributed by atoms with E-state index in [0.29, 0.717) is 71.9 Å². The van der Waals surface area contributed by atoms with Crippen LogP contribution in [0, 0.1) is 0 Å². The van der Waals surface area contributed by atoms with Crippen molar-refractivity contribution in [2.45, 2.75) is 50.9 Å². The lowest BCUT2D eigenvalue weighted by molar-refractivity contribution is -0.120. The van der Waals surface area contributed by atoms with E-state index in [1.54, 1.807) is 20.4 Å². The van der Waals surface area contributed by atoms with Crippen LogP contribution in [0.4, 0.5) is 11.4 Å². The highest BCUT2D eigenvalue weighted by Gasteiger charge is 2.22. The van der Waals surface area contributed by atoms with Gasteiger partial charge in [0.1, 0.15) is 11.5 Å². The first-order valence-electron chi connectivity index (χ1n) is 16.4. The van der Waals surface area contributed by atoms with Crippen molar-refractivity contribution in [1.82, 2.24) is 26.3 Å². The number of nitrogens with one attached hydrogen (secondary N) is 5. The van der Waals surface area contributed by atoms with E-state index in [4.69, 9.17) is 32.7 Å². The Balaban J connectivity index is 1.19.